The van der Waals surface area contributed by atoms with Gasteiger partial charge in [0.2, 0.25) is 0 Å². The number of aryl methyl sites for hydroxylation is 1. The summed E-state index contributed by atoms with van der Waals surface area (Å²) in [5.74, 6) is 0.981. The molecule has 0 aliphatic rings. The monoisotopic (exact) mass is 249 g/mol. The molecule has 0 radical (unpaired) electrons. The molecule has 0 saturated heterocycles. The Kier molecular flexibility index (Phi) is 3.82. The number of aromatic amines is 1. The topological polar surface area (TPSA) is 40.7 Å². The second-order valence-electron chi connectivity index (χ2n) is 4.09. The fraction of sp³-hybridized carbons (Fsp3) is 0.308. The number of benzene rings is 1. The van der Waals surface area contributed by atoms with Crippen molar-refractivity contribution in [2.45, 2.75) is 19.9 Å². The molecular formula is C13H16ClN3. The van der Waals surface area contributed by atoms with E-state index in [0.717, 1.165) is 35.2 Å². The molecule has 2 N–H and O–H groups in total. The average molecular weight is 250 g/mol. The molecule has 0 aliphatic carbocycles. The molecule has 0 aliphatic heterocycles. The van der Waals surface area contributed by atoms with Crippen LogP contribution in [-0.4, -0.2) is 17.0 Å². The molecule has 0 spiro atoms. The maximum Gasteiger partial charge on any atom is 0.120 e. The third kappa shape index (κ3) is 3.08. The Labute approximate surface area is 106 Å². The van der Waals surface area contributed by atoms with Crippen LogP contribution < -0.4 is 5.32 Å². The van der Waals surface area contributed by atoms with E-state index in [0.29, 0.717) is 0 Å². The van der Waals surface area contributed by atoms with Crippen LogP contribution in [0.1, 0.15) is 22.8 Å². The Morgan fingerprint density at radius 3 is 2.65 bits per heavy atom. The van der Waals surface area contributed by atoms with Gasteiger partial charge in [0.1, 0.15) is 5.82 Å². The number of nitrogens with zero attached hydrogens (tertiary/aromatic N) is 1. The Hall–Kier alpha value is -1.32. The van der Waals surface area contributed by atoms with E-state index in [-0.39, 0.29) is 0 Å². The van der Waals surface area contributed by atoms with Crippen molar-refractivity contribution in [1.82, 2.24) is 15.3 Å². The van der Waals surface area contributed by atoms with Crippen LogP contribution in [0.25, 0.3) is 0 Å². The second-order valence-corrected chi connectivity index (χ2v) is 4.53. The van der Waals surface area contributed by atoms with E-state index in [2.05, 4.69) is 22.2 Å². The highest BCUT2D eigenvalue weighted by Crippen LogP contribution is 2.14. The molecule has 1 aromatic heterocycles. The minimum atomic E-state index is 0.765. The van der Waals surface area contributed by atoms with Crippen LogP contribution in [0.15, 0.2) is 24.3 Å². The molecule has 0 amide bonds. The number of aromatic nitrogens is 2. The van der Waals surface area contributed by atoms with Gasteiger partial charge in [-0.2, -0.15) is 0 Å². The molecule has 0 bridgehead atoms. The van der Waals surface area contributed by atoms with Crippen molar-refractivity contribution in [3.05, 3.63) is 52.1 Å². The number of nitrogens with one attached hydrogen (secondary N) is 2. The largest absolute Gasteiger partial charge is 0.345 e. The van der Waals surface area contributed by atoms with Gasteiger partial charge in [-0.15, -0.1) is 0 Å². The zero-order chi connectivity index (χ0) is 12.3. The molecule has 2 aromatic rings. The van der Waals surface area contributed by atoms with Gasteiger partial charge in [0, 0.05) is 17.1 Å². The van der Waals surface area contributed by atoms with Crippen LogP contribution in [0.4, 0.5) is 0 Å². The summed E-state index contributed by atoms with van der Waals surface area (Å²) in [6, 6.07) is 7.89. The van der Waals surface area contributed by atoms with E-state index in [1.165, 1.54) is 5.56 Å². The first kappa shape index (κ1) is 12.1. The first-order valence-electron chi connectivity index (χ1n) is 5.62. The van der Waals surface area contributed by atoms with E-state index >= 15 is 0 Å². The van der Waals surface area contributed by atoms with Crippen LogP contribution in [0.5, 0.6) is 0 Å². The molecule has 0 atom stereocenters. The van der Waals surface area contributed by atoms with Gasteiger partial charge in [0.05, 0.1) is 12.2 Å². The van der Waals surface area contributed by atoms with E-state index in [9.17, 15) is 0 Å². The van der Waals surface area contributed by atoms with E-state index < -0.39 is 0 Å². The minimum Gasteiger partial charge on any atom is -0.345 e. The summed E-state index contributed by atoms with van der Waals surface area (Å²) in [5.41, 5.74) is 3.45. The molecule has 1 aromatic carbocycles. The van der Waals surface area contributed by atoms with Gasteiger partial charge in [-0.05, 0) is 31.7 Å². The zero-order valence-electron chi connectivity index (χ0n) is 10.0. The second kappa shape index (κ2) is 5.34. The number of halogens is 1. The highest BCUT2D eigenvalue weighted by molar-refractivity contribution is 6.30. The van der Waals surface area contributed by atoms with Crippen molar-refractivity contribution in [1.29, 1.82) is 0 Å². The summed E-state index contributed by atoms with van der Waals surface area (Å²) >= 11 is 5.86. The molecule has 4 heteroatoms. The standard InChI is InChI=1S/C13H16ClN3/c1-9-12(17-13(16-9)8-15-2)7-10-3-5-11(14)6-4-10/h3-6,15H,7-8H2,1-2H3,(H,16,17). The number of hydrogen-bond donors (Lipinski definition) is 2. The molecule has 2 rings (SSSR count). The third-order valence-corrected chi connectivity index (χ3v) is 2.92. The smallest absolute Gasteiger partial charge is 0.120 e. The zero-order valence-corrected chi connectivity index (χ0v) is 10.8. The number of hydrogen-bond acceptors (Lipinski definition) is 2. The van der Waals surface area contributed by atoms with Gasteiger partial charge < -0.3 is 10.3 Å². The summed E-state index contributed by atoms with van der Waals surface area (Å²) in [7, 11) is 1.91. The highest BCUT2D eigenvalue weighted by Gasteiger charge is 2.06. The number of H-pyrrole nitrogens is 1. The lowest BCUT2D eigenvalue weighted by molar-refractivity contribution is 0.768. The van der Waals surface area contributed by atoms with Gasteiger partial charge in [0.25, 0.3) is 0 Å². The fourth-order valence-electron chi connectivity index (χ4n) is 1.78. The van der Waals surface area contributed by atoms with E-state index in [4.69, 9.17) is 11.6 Å². The first-order valence-corrected chi connectivity index (χ1v) is 6.00. The van der Waals surface area contributed by atoms with Crippen LogP contribution >= 0.6 is 11.6 Å². The van der Waals surface area contributed by atoms with Crippen LogP contribution in [-0.2, 0) is 13.0 Å². The van der Waals surface area contributed by atoms with Crippen molar-refractivity contribution in [3.8, 4) is 0 Å². The van der Waals surface area contributed by atoms with Gasteiger partial charge in [0.15, 0.2) is 0 Å². The van der Waals surface area contributed by atoms with Crippen LogP contribution in [0.2, 0.25) is 5.02 Å². The van der Waals surface area contributed by atoms with Gasteiger partial charge in [-0.1, -0.05) is 23.7 Å². The Morgan fingerprint density at radius 1 is 1.29 bits per heavy atom. The highest BCUT2D eigenvalue weighted by atomic mass is 35.5. The summed E-state index contributed by atoms with van der Waals surface area (Å²) in [5, 5.41) is 3.85. The number of imidazole rings is 1. The maximum absolute atomic E-state index is 5.86. The van der Waals surface area contributed by atoms with Crippen molar-refractivity contribution in [3.63, 3.8) is 0 Å². The lowest BCUT2D eigenvalue weighted by atomic mass is 10.1. The predicted octanol–water partition coefficient (Wildman–Crippen LogP) is 2.68. The third-order valence-electron chi connectivity index (χ3n) is 2.66. The molecule has 0 fully saturated rings. The molecule has 3 nitrogen and oxygen atoms in total. The molecule has 0 saturated carbocycles. The number of rotatable bonds is 4. The van der Waals surface area contributed by atoms with Crippen molar-refractivity contribution >= 4 is 11.6 Å². The molecule has 0 unspecified atom stereocenters. The summed E-state index contributed by atoms with van der Waals surface area (Å²) in [4.78, 5) is 7.84. The fourth-order valence-corrected chi connectivity index (χ4v) is 1.91. The summed E-state index contributed by atoms with van der Waals surface area (Å²) in [6.07, 6.45) is 0.837. The molecule has 1 heterocycles. The lowest BCUT2D eigenvalue weighted by Gasteiger charge is -1.99. The first-order chi connectivity index (χ1) is 8.19. The minimum absolute atomic E-state index is 0.765. The molecule has 90 valence electrons. The normalized spacial score (nSPS) is 10.8. The molecular weight excluding hydrogens is 234 g/mol. The molecule has 17 heavy (non-hydrogen) atoms. The summed E-state index contributed by atoms with van der Waals surface area (Å²) < 4.78 is 0. The maximum atomic E-state index is 5.86. The Bertz CT molecular complexity index is 488. The van der Waals surface area contributed by atoms with Crippen molar-refractivity contribution in [2.24, 2.45) is 0 Å². The quantitative estimate of drug-likeness (QED) is 0.875. The van der Waals surface area contributed by atoms with Crippen molar-refractivity contribution in [2.75, 3.05) is 7.05 Å². The van der Waals surface area contributed by atoms with Gasteiger partial charge in [-0.3, -0.25) is 0 Å². The Balaban J connectivity index is 2.15. The average Bonchev–Trinajstić information content (AvgIpc) is 2.63. The SMILES string of the molecule is CNCc1nc(Cc2ccc(Cl)cc2)c(C)[nH]1. The van der Waals surface area contributed by atoms with Crippen molar-refractivity contribution < 1.29 is 0 Å². The lowest BCUT2D eigenvalue weighted by Crippen LogP contribution is -2.06. The van der Waals surface area contributed by atoms with Gasteiger partial charge in [-0.25, -0.2) is 4.98 Å². The Morgan fingerprint density at radius 2 is 2.00 bits per heavy atom. The van der Waals surface area contributed by atoms with Gasteiger partial charge >= 0.3 is 0 Å². The predicted molar refractivity (Wildman–Crippen MR) is 70.3 cm³/mol. The van der Waals surface area contributed by atoms with E-state index in [1.54, 1.807) is 0 Å². The van der Waals surface area contributed by atoms with E-state index in [1.807, 2.05) is 31.3 Å². The van der Waals surface area contributed by atoms with Crippen LogP contribution in [0, 0.1) is 6.92 Å². The van der Waals surface area contributed by atoms with Crippen LogP contribution in [0.3, 0.4) is 0 Å². The summed E-state index contributed by atoms with van der Waals surface area (Å²) in [6.45, 7) is 2.82.